The largest absolute Gasteiger partial charge is 0.423 e. The van der Waals surface area contributed by atoms with Crippen molar-refractivity contribution in [2.45, 2.75) is 19.3 Å². The number of guanidine groups is 1. The number of hydrogen-bond donors (Lipinski definition) is 5. The van der Waals surface area contributed by atoms with E-state index < -0.39 is 11.9 Å². The van der Waals surface area contributed by atoms with Crippen molar-refractivity contribution in [1.82, 2.24) is 4.90 Å². The van der Waals surface area contributed by atoms with Crippen LogP contribution in [-0.4, -0.2) is 68.0 Å². The van der Waals surface area contributed by atoms with Gasteiger partial charge in [-0.05, 0) is 66.6 Å². The molecule has 0 atom stereocenters. The highest BCUT2D eigenvalue weighted by Crippen LogP contribution is 2.30. The Morgan fingerprint density at radius 1 is 0.884 bits per heavy atom. The van der Waals surface area contributed by atoms with E-state index in [-0.39, 0.29) is 61.2 Å². The predicted octanol–water partition coefficient (Wildman–Crippen LogP) is 3.45. The first-order valence-electron chi connectivity index (χ1n) is 13.1. The predicted molar refractivity (Wildman–Crippen MR) is 177 cm³/mol. The third-order valence-corrected chi connectivity index (χ3v) is 6.87. The maximum absolute atomic E-state index is 13.0. The van der Waals surface area contributed by atoms with Gasteiger partial charge in [-0.3, -0.25) is 20.5 Å². The van der Waals surface area contributed by atoms with Gasteiger partial charge in [-0.2, -0.15) is 0 Å². The molecule has 0 unspecified atom stereocenters. The molecule has 1 aliphatic heterocycles. The molecular formula is C29H38Cl3N7O4. The number of nitrogen functional groups attached to an aromatic ring is 1. The van der Waals surface area contributed by atoms with Crippen molar-refractivity contribution < 1.29 is 19.1 Å². The number of benzene rings is 3. The fraction of sp³-hybridized carbons (Fsp3) is 0.310. The molecule has 3 aromatic rings. The summed E-state index contributed by atoms with van der Waals surface area (Å²) in [6, 6.07) is 15.2. The van der Waals surface area contributed by atoms with Gasteiger partial charge in [0.05, 0.1) is 25.2 Å². The van der Waals surface area contributed by atoms with Crippen LogP contribution in [0.15, 0.2) is 54.6 Å². The second-order valence-corrected chi connectivity index (χ2v) is 9.67. The normalized spacial score (nSPS) is 12.7. The maximum Gasteiger partial charge on any atom is 0.343 e. The van der Waals surface area contributed by atoms with Gasteiger partial charge in [0.15, 0.2) is 5.96 Å². The third kappa shape index (κ3) is 9.97. The Balaban J connectivity index is 0.00000308. The van der Waals surface area contributed by atoms with Gasteiger partial charge in [-0.1, -0.05) is 18.2 Å². The summed E-state index contributed by atoms with van der Waals surface area (Å²) in [5.74, 6) is -1.09. The fourth-order valence-corrected chi connectivity index (χ4v) is 4.75. The number of carbonyl (C=O) groups is 2. The Bertz CT molecular complexity index is 1420. The highest BCUT2D eigenvalue weighted by Gasteiger charge is 2.18. The number of esters is 1. The van der Waals surface area contributed by atoms with E-state index in [4.69, 9.17) is 37.5 Å². The number of amides is 1. The number of nitrogens with two attached hydrogens (primary N) is 3. The van der Waals surface area contributed by atoms with Gasteiger partial charge in [0, 0.05) is 36.4 Å². The van der Waals surface area contributed by atoms with Crippen molar-refractivity contribution >= 4 is 77.4 Å². The monoisotopic (exact) mass is 653 g/mol. The number of ether oxygens (including phenoxy) is 2. The van der Waals surface area contributed by atoms with E-state index in [1.807, 2.05) is 0 Å². The minimum atomic E-state index is -0.600. The smallest absolute Gasteiger partial charge is 0.343 e. The molecule has 43 heavy (non-hydrogen) atoms. The number of halogens is 3. The molecule has 1 aliphatic rings. The Hall–Kier alpha value is -3.61. The summed E-state index contributed by atoms with van der Waals surface area (Å²) >= 11 is 0. The average Bonchev–Trinajstić information content (AvgIpc) is 2.94. The number of rotatable bonds is 11. The molecule has 1 saturated heterocycles. The quantitative estimate of drug-likeness (QED) is 0.0684. The van der Waals surface area contributed by atoms with E-state index in [1.54, 1.807) is 59.5 Å². The molecule has 0 saturated carbocycles. The van der Waals surface area contributed by atoms with Gasteiger partial charge >= 0.3 is 5.97 Å². The number of nitrogens with zero attached hydrogens (tertiary/aromatic N) is 2. The van der Waals surface area contributed by atoms with E-state index in [2.05, 4.69) is 4.90 Å². The van der Waals surface area contributed by atoms with E-state index in [0.717, 1.165) is 51.1 Å². The van der Waals surface area contributed by atoms with Crippen LogP contribution in [0.3, 0.4) is 0 Å². The van der Waals surface area contributed by atoms with Crippen molar-refractivity contribution in [3.63, 3.8) is 0 Å². The SMILES string of the molecule is Cl.Cl.Cl.N=C(N)c1ccc2c(CC(N)=O)c(OC(=O)c3ccc(N(CCCCN4CCOCC4)C(=N)N)cc3)ccc2c1. The average molecular weight is 655 g/mol. The van der Waals surface area contributed by atoms with Gasteiger partial charge in [-0.15, -0.1) is 37.2 Å². The summed E-state index contributed by atoms with van der Waals surface area (Å²) < 4.78 is 11.1. The molecule has 1 fully saturated rings. The maximum atomic E-state index is 13.0. The summed E-state index contributed by atoms with van der Waals surface area (Å²) in [7, 11) is 0. The van der Waals surface area contributed by atoms with Crippen molar-refractivity contribution in [1.29, 1.82) is 10.8 Å². The number of primary amides is 1. The second kappa shape index (κ2) is 17.5. The minimum Gasteiger partial charge on any atom is -0.423 e. The van der Waals surface area contributed by atoms with Gasteiger partial charge in [0.2, 0.25) is 5.91 Å². The van der Waals surface area contributed by atoms with Crippen molar-refractivity contribution in [2.24, 2.45) is 17.2 Å². The number of morpholine rings is 1. The van der Waals surface area contributed by atoms with Crippen LogP contribution >= 0.6 is 37.2 Å². The summed E-state index contributed by atoms with van der Waals surface area (Å²) in [6.45, 7) is 4.98. The molecule has 0 aliphatic carbocycles. The number of nitrogens with one attached hydrogen (secondary N) is 2. The lowest BCUT2D eigenvalue weighted by Crippen LogP contribution is -2.39. The second-order valence-electron chi connectivity index (χ2n) is 9.67. The summed E-state index contributed by atoms with van der Waals surface area (Å²) in [6.07, 6.45) is 1.71. The van der Waals surface area contributed by atoms with Gasteiger partial charge in [-0.25, -0.2) is 4.79 Å². The third-order valence-electron chi connectivity index (χ3n) is 6.87. The molecule has 3 aromatic carbocycles. The standard InChI is InChI=1S/C29H35N7O4.3ClH/c30-26(37)18-24-23-9-5-21(27(31)32)17-20(23)6-10-25(24)40-28(38)19-3-7-22(8-4-19)36(29(33)34)12-2-1-11-35-13-15-39-16-14-35;;;/h3-10,17H,1-2,11-16,18H2,(H2,30,37)(H3,31,32)(H3,33,34);3*1H. The lowest BCUT2D eigenvalue weighted by molar-refractivity contribution is -0.117. The van der Waals surface area contributed by atoms with Crippen LogP contribution in [0, 0.1) is 10.8 Å². The van der Waals surface area contributed by atoms with Crippen LogP contribution in [0.1, 0.15) is 34.3 Å². The van der Waals surface area contributed by atoms with Crippen molar-refractivity contribution in [2.75, 3.05) is 44.3 Å². The molecular weight excluding hydrogens is 617 g/mol. The van der Waals surface area contributed by atoms with E-state index in [9.17, 15) is 9.59 Å². The molecule has 8 N–H and O–H groups in total. The first kappa shape index (κ1) is 37.4. The first-order valence-corrected chi connectivity index (χ1v) is 13.1. The zero-order chi connectivity index (χ0) is 28.6. The summed E-state index contributed by atoms with van der Waals surface area (Å²) in [4.78, 5) is 28.9. The molecule has 1 amide bonds. The van der Waals surface area contributed by atoms with Crippen LogP contribution in [0.2, 0.25) is 0 Å². The topological polar surface area (TPSA) is 185 Å². The van der Waals surface area contributed by atoms with Gasteiger partial charge in [0.25, 0.3) is 0 Å². The molecule has 0 spiro atoms. The highest BCUT2D eigenvalue weighted by atomic mass is 35.5. The molecule has 11 nitrogen and oxygen atoms in total. The number of amidine groups is 1. The summed E-state index contributed by atoms with van der Waals surface area (Å²) in [5, 5.41) is 17.1. The van der Waals surface area contributed by atoms with E-state index in [0.29, 0.717) is 34.3 Å². The summed E-state index contributed by atoms with van der Waals surface area (Å²) in [5.41, 5.74) is 19.0. The molecule has 0 aromatic heterocycles. The van der Waals surface area contributed by atoms with Crippen LogP contribution < -0.4 is 26.8 Å². The Kier molecular flexibility index (Phi) is 15.2. The Morgan fingerprint density at radius 2 is 1.53 bits per heavy atom. The molecule has 234 valence electrons. The molecule has 0 radical (unpaired) electrons. The van der Waals surface area contributed by atoms with Crippen molar-refractivity contribution in [3.8, 4) is 5.75 Å². The number of hydrogen-bond acceptors (Lipinski definition) is 7. The van der Waals surface area contributed by atoms with Crippen LogP contribution in [0.4, 0.5) is 5.69 Å². The molecule has 14 heteroatoms. The van der Waals surface area contributed by atoms with E-state index >= 15 is 0 Å². The molecule has 0 bridgehead atoms. The molecule has 1 heterocycles. The number of carbonyl (C=O) groups excluding carboxylic acids is 2. The molecule has 4 rings (SSSR count). The number of unbranched alkanes of at least 4 members (excludes halogenated alkanes) is 1. The Morgan fingerprint density at radius 3 is 2.14 bits per heavy atom. The lowest BCUT2D eigenvalue weighted by Gasteiger charge is -2.27. The minimum absolute atomic E-state index is 0. The van der Waals surface area contributed by atoms with Crippen LogP contribution in [0.5, 0.6) is 5.75 Å². The zero-order valence-electron chi connectivity index (χ0n) is 23.5. The lowest BCUT2D eigenvalue weighted by atomic mass is 9.98. The van der Waals surface area contributed by atoms with Gasteiger partial charge < -0.3 is 31.6 Å². The van der Waals surface area contributed by atoms with Crippen LogP contribution in [-0.2, 0) is 16.0 Å². The van der Waals surface area contributed by atoms with E-state index in [1.165, 1.54) is 0 Å². The fourth-order valence-electron chi connectivity index (χ4n) is 4.75. The number of fused-ring (bicyclic) bond motifs is 1. The Labute approximate surface area is 269 Å². The van der Waals surface area contributed by atoms with Crippen LogP contribution in [0.25, 0.3) is 10.8 Å². The first-order chi connectivity index (χ1) is 19.2. The number of anilines is 1. The van der Waals surface area contributed by atoms with Gasteiger partial charge in [0.1, 0.15) is 11.6 Å². The zero-order valence-corrected chi connectivity index (χ0v) is 26.0. The van der Waals surface area contributed by atoms with Crippen molar-refractivity contribution in [3.05, 3.63) is 71.3 Å². The highest BCUT2D eigenvalue weighted by molar-refractivity contribution is 6.01.